The van der Waals surface area contributed by atoms with Crippen molar-refractivity contribution in [1.82, 2.24) is 0 Å². The molecule has 0 atom stereocenters. The van der Waals surface area contributed by atoms with Crippen LogP contribution in [0.5, 0.6) is 0 Å². The number of benzene rings is 2. The molecule has 0 bridgehead atoms. The van der Waals surface area contributed by atoms with Gasteiger partial charge in [-0.3, -0.25) is 14.4 Å². The smallest absolute Gasteiger partial charge is 0.418 e. The van der Waals surface area contributed by atoms with E-state index < -0.39 is 40.6 Å². The Morgan fingerprint density at radius 2 is 1.48 bits per heavy atom. The molecule has 0 saturated heterocycles. The lowest BCUT2D eigenvalue weighted by atomic mass is 9.86. The second-order valence-electron chi connectivity index (χ2n) is 8.01. The predicted octanol–water partition coefficient (Wildman–Crippen LogP) is 4.60. The number of anilines is 2. The third-order valence-corrected chi connectivity index (χ3v) is 4.48. The van der Waals surface area contributed by atoms with Crippen LogP contribution in [0.2, 0.25) is 0 Å². The van der Waals surface area contributed by atoms with E-state index in [0.717, 1.165) is 17.7 Å². The zero-order chi connectivity index (χ0) is 23.4. The molecule has 0 unspecified atom stereocenters. The molecule has 0 aliphatic carbocycles. The number of halogens is 3. The van der Waals surface area contributed by atoms with Crippen LogP contribution in [0.4, 0.5) is 24.5 Å². The monoisotopic (exact) mass is 436 g/mol. The maximum absolute atomic E-state index is 13.5. The highest BCUT2D eigenvalue weighted by molar-refractivity contribution is 6.43. The van der Waals surface area contributed by atoms with Gasteiger partial charge in [0, 0.05) is 12.1 Å². The fourth-order valence-corrected chi connectivity index (χ4v) is 2.73. The average molecular weight is 436 g/mol. The van der Waals surface area contributed by atoms with Gasteiger partial charge >= 0.3 is 24.0 Å². The quantitative estimate of drug-likeness (QED) is 0.597. The van der Waals surface area contributed by atoms with E-state index in [9.17, 15) is 27.6 Å². The largest absolute Gasteiger partial charge is 0.481 e. The van der Waals surface area contributed by atoms with Gasteiger partial charge in [0.2, 0.25) is 0 Å². The van der Waals surface area contributed by atoms with Crippen molar-refractivity contribution in [2.45, 2.75) is 45.2 Å². The summed E-state index contributed by atoms with van der Waals surface area (Å²) in [5.41, 5.74) is -0.674. The fourth-order valence-electron chi connectivity index (χ4n) is 2.73. The number of carboxylic acid groups (broad SMARTS) is 1. The molecule has 31 heavy (non-hydrogen) atoms. The number of carbonyl (C=O) groups excluding carboxylic acids is 2. The Kier molecular flexibility index (Phi) is 7.09. The van der Waals surface area contributed by atoms with E-state index in [0.29, 0.717) is 12.0 Å². The normalized spacial score (nSPS) is 11.7. The van der Waals surface area contributed by atoms with Gasteiger partial charge < -0.3 is 15.7 Å². The standard InChI is InChI=1S/C22H23F3N2O4/c1-21(2,3)14-7-10-17(16(12-14)22(23,24)25)27-20(31)19(30)26-15-8-4-13(5-9-15)6-11-18(28)29/h4-5,7-10,12H,6,11H2,1-3H3,(H,26,30)(H,27,31)(H,28,29). The number of hydrogen-bond acceptors (Lipinski definition) is 3. The lowest BCUT2D eigenvalue weighted by Gasteiger charge is -2.22. The molecule has 166 valence electrons. The van der Waals surface area contributed by atoms with Crippen LogP contribution in [0.1, 0.15) is 43.9 Å². The van der Waals surface area contributed by atoms with Crippen molar-refractivity contribution in [3.05, 3.63) is 59.2 Å². The van der Waals surface area contributed by atoms with Gasteiger partial charge in [-0.15, -0.1) is 0 Å². The summed E-state index contributed by atoms with van der Waals surface area (Å²) in [5, 5.41) is 13.0. The van der Waals surface area contributed by atoms with Crippen LogP contribution in [0.25, 0.3) is 0 Å². The maximum Gasteiger partial charge on any atom is 0.418 e. The van der Waals surface area contributed by atoms with Crippen molar-refractivity contribution in [3.8, 4) is 0 Å². The number of aliphatic carboxylic acids is 1. The molecule has 0 fully saturated rings. The molecule has 3 N–H and O–H groups in total. The zero-order valence-corrected chi connectivity index (χ0v) is 17.3. The molecule has 0 aliphatic heterocycles. The van der Waals surface area contributed by atoms with Gasteiger partial charge in [0.25, 0.3) is 0 Å². The van der Waals surface area contributed by atoms with Gasteiger partial charge in [0.15, 0.2) is 0 Å². The zero-order valence-electron chi connectivity index (χ0n) is 17.3. The van der Waals surface area contributed by atoms with E-state index in [4.69, 9.17) is 5.11 Å². The molecule has 2 rings (SSSR count). The Hall–Kier alpha value is -3.36. The lowest BCUT2D eigenvalue weighted by molar-refractivity contribution is -0.138. The average Bonchev–Trinajstić information content (AvgIpc) is 2.65. The van der Waals surface area contributed by atoms with Crippen molar-refractivity contribution in [3.63, 3.8) is 0 Å². The number of rotatable bonds is 5. The second-order valence-corrected chi connectivity index (χ2v) is 8.01. The van der Waals surface area contributed by atoms with E-state index in [1.165, 1.54) is 18.2 Å². The molecule has 0 spiro atoms. The number of carboxylic acids is 1. The number of alkyl halides is 3. The molecule has 9 heteroatoms. The Bertz CT molecular complexity index is 978. The summed E-state index contributed by atoms with van der Waals surface area (Å²) in [5.74, 6) is -3.32. The first kappa shape index (κ1) is 23.9. The first-order valence-electron chi connectivity index (χ1n) is 9.42. The number of nitrogens with one attached hydrogen (secondary N) is 2. The Morgan fingerprint density at radius 1 is 0.903 bits per heavy atom. The van der Waals surface area contributed by atoms with E-state index in [1.807, 2.05) is 5.32 Å². The van der Waals surface area contributed by atoms with E-state index in [2.05, 4.69) is 5.32 Å². The summed E-state index contributed by atoms with van der Waals surface area (Å²) >= 11 is 0. The topological polar surface area (TPSA) is 95.5 Å². The molecule has 6 nitrogen and oxygen atoms in total. The molecular weight excluding hydrogens is 413 g/mol. The van der Waals surface area contributed by atoms with Gasteiger partial charge in [0.05, 0.1) is 11.3 Å². The van der Waals surface area contributed by atoms with E-state index in [1.54, 1.807) is 32.9 Å². The van der Waals surface area contributed by atoms with E-state index >= 15 is 0 Å². The van der Waals surface area contributed by atoms with Crippen molar-refractivity contribution in [1.29, 1.82) is 0 Å². The highest BCUT2D eigenvalue weighted by Gasteiger charge is 2.35. The van der Waals surface area contributed by atoms with Gasteiger partial charge in [-0.25, -0.2) is 0 Å². The summed E-state index contributed by atoms with van der Waals surface area (Å²) in [7, 11) is 0. The predicted molar refractivity (Wildman–Crippen MR) is 110 cm³/mol. The third-order valence-electron chi connectivity index (χ3n) is 4.48. The van der Waals surface area contributed by atoms with Crippen LogP contribution in [0.3, 0.4) is 0 Å². The van der Waals surface area contributed by atoms with Crippen LogP contribution < -0.4 is 10.6 Å². The van der Waals surface area contributed by atoms with Crippen LogP contribution >= 0.6 is 0 Å². The minimum absolute atomic E-state index is 0.0519. The van der Waals surface area contributed by atoms with E-state index in [-0.39, 0.29) is 12.1 Å². The molecule has 2 aromatic carbocycles. The SMILES string of the molecule is CC(C)(C)c1ccc(NC(=O)C(=O)Nc2ccc(CCC(=O)O)cc2)c(C(F)(F)F)c1. The van der Waals surface area contributed by atoms with Crippen LogP contribution in [-0.2, 0) is 32.4 Å². The Morgan fingerprint density at radius 3 is 2.00 bits per heavy atom. The highest BCUT2D eigenvalue weighted by Crippen LogP contribution is 2.37. The molecule has 0 aromatic heterocycles. The Balaban J connectivity index is 2.12. The van der Waals surface area contributed by atoms with Gasteiger partial charge in [0.1, 0.15) is 0 Å². The fraction of sp³-hybridized carbons (Fsp3) is 0.318. The molecular formula is C22H23F3N2O4. The van der Waals surface area contributed by atoms with Crippen LogP contribution in [-0.4, -0.2) is 22.9 Å². The number of aryl methyl sites for hydroxylation is 1. The highest BCUT2D eigenvalue weighted by atomic mass is 19.4. The van der Waals surface area contributed by atoms with Gasteiger partial charge in [-0.05, 0) is 47.2 Å². The number of hydrogen-bond donors (Lipinski definition) is 3. The summed E-state index contributed by atoms with van der Waals surface area (Å²) in [6.45, 7) is 5.30. The molecule has 2 amide bonds. The molecule has 0 heterocycles. The maximum atomic E-state index is 13.5. The van der Waals surface area contributed by atoms with Crippen molar-refractivity contribution in [2.75, 3.05) is 10.6 Å². The molecule has 0 aliphatic rings. The summed E-state index contributed by atoms with van der Waals surface area (Å²) in [6.07, 6.45) is -4.47. The number of amides is 2. The van der Waals surface area contributed by atoms with Crippen molar-refractivity contribution < 1.29 is 32.7 Å². The first-order valence-corrected chi connectivity index (χ1v) is 9.42. The van der Waals surface area contributed by atoms with Gasteiger partial charge in [-0.1, -0.05) is 39.0 Å². The minimum atomic E-state index is -4.72. The molecule has 0 saturated carbocycles. The Labute approximate surface area is 177 Å². The second kappa shape index (κ2) is 9.20. The summed E-state index contributed by atoms with van der Waals surface area (Å²) in [6, 6.07) is 9.68. The van der Waals surface area contributed by atoms with Crippen molar-refractivity contribution >= 4 is 29.2 Å². The van der Waals surface area contributed by atoms with Crippen LogP contribution in [0, 0.1) is 0 Å². The third kappa shape index (κ3) is 6.84. The van der Waals surface area contributed by atoms with Crippen molar-refractivity contribution in [2.24, 2.45) is 0 Å². The molecule has 0 radical (unpaired) electrons. The minimum Gasteiger partial charge on any atom is -0.481 e. The summed E-state index contributed by atoms with van der Waals surface area (Å²) in [4.78, 5) is 34.9. The number of carbonyl (C=O) groups is 3. The first-order chi connectivity index (χ1) is 14.3. The lowest BCUT2D eigenvalue weighted by Crippen LogP contribution is -2.30. The van der Waals surface area contributed by atoms with Crippen LogP contribution in [0.15, 0.2) is 42.5 Å². The molecule has 2 aromatic rings. The summed E-state index contributed by atoms with van der Waals surface area (Å²) < 4.78 is 40.4. The van der Waals surface area contributed by atoms with Gasteiger partial charge in [-0.2, -0.15) is 13.2 Å².